The van der Waals surface area contributed by atoms with Gasteiger partial charge in [-0.25, -0.2) is 4.79 Å². The van der Waals surface area contributed by atoms with Crippen LogP contribution in [0.4, 0.5) is 0 Å². The van der Waals surface area contributed by atoms with E-state index in [4.69, 9.17) is 9.25 Å². The maximum Gasteiger partial charge on any atom is 0.358 e. The molecule has 0 spiro atoms. The molecule has 4 rings (SSSR count). The first kappa shape index (κ1) is 15.9. The number of hydrogen-bond donors (Lipinski definition) is 0. The van der Waals surface area contributed by atoms with Crippen LogP contribution in [-0.4, -0.2) is 11.7 Å². The molecule has 1 heterocycles. The molecule has 25 heavy (non-hydrogen) atoms. The minimum atomic E-state index is -0.458. The Bertz CT molecular complexity index is 830. The lowest BCUT2D eigenvalue weighted by Crippen LogP contribution is -2.14. The van der Waals surface area contributed by atoms with Crippen LogP contribution in [0, 0.1) is 0 Å². The van der Waals surface area contributed by atoms with E-state index in [1.54, 1.807) is 6.08 Å². The molecule has 4 heteroatoms. The summed E-state index contributed by atoms with van der Waals surface area (Å²) in [4.78, 5) is 17.1. The number of furan rings is 1. The van der Waals surface area contributed by atoms with Crippen LogP contribution in [0.2, 0.25) is 0 Å². The molecule has 2 aliphatic carbocycles. The van der Waals surface area contributed by atoms with Crippen molar-refractivity contribution in [3.05, 3.63) is 64.6 Å². The van der Waals surface area contributed by atoms with Crippen molar-refractivity contribution in [2.45, 2.75) is 44.9 Å². The summed E-state index contributed by atoms with van der Waals surface area (Å²) in [5.74, 6) is 1.68. The number of fused-ring (bicyclic) bond motifs is 3. The standard InChI is InChI=1S/C21H21NO3/c23-20(14-13-15-7-2-1-3-8-15)25-22-17-10-6-12-19-21(17)16-9-4-5-11-18(16)24-19/h1-3,7-8,13-14H,4-6,9-12H2/b14-13+,22-17+. The lowest BCUT2D eigenvalue weighted by molar-refractivity contribution is -0.137. The van der Waals surface area contributed by atoms with E-state index >= 15 is 0 Å². The van der Waals surface area contributed by atoms with Gasteiger partial charge in [0.05, 0.1) is 5.71 Å². The largest absolute Gasteiger partial charge is 0.465 e. The highest BCUT2D eigenvalue weighted by molar-refractivity contribution is 6.04. The summed E-state index contributed by atoms with van der Waals surface area (Å²) in [5, 5.41) is 4.17. The molecule has 0 radical (unpaired) electrons. The van der Waals surface area contributed by atoms with E-state index in [1.165, 1.54) is 24.5 Å². The molecule has 0 N–H and O–H groups in total. The third-order valence-electron chi connectivity index (χ3n) is 4.81. The quantitative estimate of drug-likeness (QED) is 0.473. The molecular formula is C21H21NO3. The number of oxime groups is 1. The molecule has 0 saturated carbocycles. The monoisotopic (exact) mass is 335 g/mol. The van der Waals surface area contributed by atoms with E-state index in [0.717, 1.165) is 60.5 Å². The van der Waals surface area contributed by atoms with Gasteiger partial charge < -0.3 is 9.25 Å². The first-order chi connectivity index (χ1) is 12.3. The highest BCUT2D eigenvalue weighted by Crippen LogP contribution is 2.34. The van der Waals surface area contributed by atoms with Crippen molar-refractivity contribution in [3.8, 4) is 0 Å². The third-order valence-corrected chi connectivity index (χ3v) is 4.81. The Labute approximate surface area is 147 Å². The Hall–Kier alpha value is -2.62. The van der Waals surface area contributed by atoms with E-state index in [-0.39, 0.29) is 0 Å². The molecule has 128 valence electrons. The van der Waals surface area contributed by atoms with Gasteiger partial charge in [0.2, 0.25) is 0 Å². The maximum atomic E-state index is 12.0. The van der Waals surface area contributed by atoms with Gasteiger partial charge in [-0.3, -0.25) is 0 Å². The van der Waals surface area contributed by atoms with Crippen molar-refractivity contribution in [2.75, 3.05) is 0 Å². The molecule has 1 aromatic heterocycles. The van der Waals surface area contributed by atoms with E-state index < -0.39 is 5.97 Å². The predicted molar refractivity (Wildman–Crippen MR) is 96.4 cm³/mol. The number of carbonyl (C=O) groups excluding carboxylic acids is 1. The fraction of sp³-hybridized carbons (Fsp3) is 0.333. The smallest absolute Gasteiger partial charge is 0.358 e. The zero-order chi connectivity index (χ0) is 17.1. The molecule has 4 nitrogen and oxygen atoms in total. The number of aryl methyl sites for hydroxylation is 2. The third kappa shape index (κ3) is 3.43. The summed E-state index contributed by atoms with van der Waals surface area (Å²) in [6, 6.07) is 9.66. The SMILES string of the molecule is O=C(/C=C/c1ccccc1)O/N=C1\CCCc2oc3c(c21)CCCC3. The van der Waals surface area contributed by atoms with Crippen molar-refractivity contribution in [2.24, 2.45) is 5.16 Å². The Morgan fingerprint density at radius 2 is 1.80 bits per heavy atom. The second kappa shape index (κ2) is 7.09. The Morgan fingerprint density at radius 3 is 2.68 bits per heavy atom. The number of nitrogens with zero attached hydrogens (tertiary/aromatic N) is 1. The highest BCUT2D eigenvalue weighted by Gasteiger charge is 2.28. The molecule has 2 aromatic rings. The molecular weight excluding hydrogens is 314 g/mol. The van der Waals surface area contributed by atoms with Crippen LogP contribution in [0.25, 0.3) is 6.08 Å². The molecule has 1 aromatic carbocycles. The fourth-order valence-corrected chi connectivity index (χ4v) is 3.63. The van der Waals surface area contributed by atoms with Gasteiger partial charge in [0.15, 0.2) is 0 Å². The summed E-state index contributed by atoms with van der Waals surface area (Å²) in [6.45, 7) is 0. The topological polar surface area (TPSA) is 51.8 Å². The van der Waals surface area contributed by atoms with Crippen LogP contribution in [-0.2, 0) is 28.9 Å². The first-order valence-corrected chi connectivity index (χ1v) is 8.96. The maximum absolute atomic E-state index is 12.0. The van der Waals surface area contributed by atoms with Crippen LogP contribution in [0.5, 0.6) is 0 Å². The minimum Gasteiger partial charge on any atom is -0.465 e. The number of carbonyl (C=O) groups is 1. The van der Waals surface area contributed by atoms with Gasteiger partial charge >= 0.3 is 5.97 Å². The Balaban J connectivity index is 1.50. The molecule has 0 saturated heterocycles. The normalized spacial score (nSPS) is 18.2. The fourth-order valence-electron chi connectivity index (χ4n) is 3.63. The van der Waals surface area contributed by atoms with Crippen molar-refractivity contribution < 1.29 is 14.0 Å². The van der Waals surface area contributed by atoms with Gasteiger partial charge in [-0.1, -0.05) is 35.5 Å². The van der Waals surface area contributed by atoms with Crippen LogP contribution in [0.3, 0.4) is 0 Å². The zero-order valence-corrected chi connectivity index (χ0v) is 14.2. The van der Waals surface area contributed by atoms with Gasteiger partial charge in [-0.05, 0) is 43.7 Å². The summed E-state index contributed by atoms with van der Waals surface area (Å²) < 4.78 is 6.04. The van der Waals surface area contributed by atoms with E-state index in [1.807, 2.05) is 30.3 Å². The van der Waals surface area contributed by atoms with E-state index in [9.17, 15) is 4.79 Å². The minimum absolute atomic E-state index is 0.458. The van der Waals surface area contributed by atoms with Gasteiger partial charge in [0.1, 0.15) is 11.5 Å². The summed E-state index contributed by atoms with van der Waals surface area (Å²) in [6.07, 6.45) is 10.3. The van der Waals surface area contributed by atoms with Crippen LogP contribution < -0.4 is 0 Å². The molecule has 0 aliphatic heterocycles. The van der Waals surface area contributed by atoms with Gasteiger partial charge in [0, 0.05) is 30.0 Å². The highest BCUT2D eigenvalue weighted by atomic mass is 16.7. The van der Waals surface area contributed by atoms with Gasteiger partial charge in [-0.15, -0.1) is 0 Å². The molecule has 0 fully saturated rings. The van der Waals surface area contributed by atoms with Crippen molar-refractivity contribution in [1.29, 1.82) is 0 Å². The van der Waals surface area contributed by atoms with Crippen LogP contribution in [0.15, 0.2) is 46.0 Å². The lowest BCUT2D eigenvalue weighted by Gasteiger charge is -2.15. The average Bonchev–Trinajstić information content (AvgIpc) is 3.04. The van der Waals surface area contributed by atoms with Crippen LogP contribution in [0.1, 0.15) is 53.9 Å². The summed E-state index contributed by atoms with van der Waals surface area (Å²) in [5.41, 5.74) is 4.21. The Morgan fingerprint density at radius 1 is 1.00 bits per heavy atom. The van der Waals surface area contributed by atoms with Gasteiger partial charge in [-0.2, -0.15) is 0 Å². The molecule has 0 amide bonds. The average molecular weight is 335 g/mol. The van der Waals surface area contributed by atoms with Crippen LogP contribution >= 0.6 is 0 Å². The molecule has 0 bridgehead atoms. The summed E-state index contributed by atoms with van der Waals surface area (Å²) >= 11 is 0. The number of hydrogen-bond acceptors (Lipinski definition) is 4. The molecule has 2 aliphatic rings. The summed E-state index contributed by atoms with van der Waals surface area (Å²) in [7, 11) is 0. The van der Waals surface area contributed by atoms with E-state index in [2.05, 4.69) is 5.16 Å². The van der Waals surface area contributed by atoms with Gasteiger partial charge in [0.25, 0.3) is 0 Å². The van der Waals surface area contributed by atoms with E-state index in [0.29, 0.717) is 0 Å². The number of rotatable bonds is 3. The molecule has 0 atom stereocenters. The second-order valence-corrected chi connectivity index (χ2v) is 6.55. The molecule has 0 unspecified atom stereocenters. The van der Waals surface area contributed by atoms with Crippen molar-refractivity contribution in [1.82, 2.24) is 0 Å². The predicted octanol–water partition coefficient (Wildman–Crippen LogP) is 4.46. The van der Waals surface area contributed by atoms with Crippen molar-refractivity contribution in [3.63, 3.8) is 0 Å². The van der Waals surface area contributed by atoms with Crippen molar-refractivity contribution >= 4 is 17.8 Å². The lowest BCUT2D eigenvalue weighted by atomic mass is 9.88. The first-order valence-electron chi connectivity index (χ1n) is 8.96. The zero-order valence-electron chi connectivity index (χ0n) is 14.2. The second-order valence-electron chi connectivity index (χ2n) is 6.55. The number of benzene rings is 1. The Kier molecular flexibility index (Phi) is 4.51.